The molecule has 1 N–H and O–H groups in total. The number of amides is 1. The fourth-order valence-electron chi connectivity index (χ4n) is 4.23. The zero-order valence-electron chi connectivity index (χ0n) is 19.4. The van der Waals surface area contributed by atoms with Gasteiger partial charge in [0.2, 0.25) is 0 Å². The second kappa shape index (κ2) is 9.57. The first-order valence-corrected chi connectivity index (χ1v) is 11.5. The van der Waals surface area contributed by atoms with E-state index >= 15 is 0 Å². The highest BCUT2D eigenvalue weighted by molar-refractivity contribution is 6.00. The minimum atomic E-state index is -0.182. The van der Waals surface area contributed by atoms with Crippen LogP contribution >= 0.6 is 0 Å². The zero-order valence-corrected chi connectivity index (χ0v) is 19.4. The fourth-order valence-corrected chi connectivity index (χ4v) is 4.23. The van der Waals surface area contributed by atoms with Crippen LogP contribution in [-0.2, 0) is 4.74 Å². The van der Waals surface area contributed by atoms with E-state index < -0.39 is 0 Å². The number of hydrogen-bond acceptors (Lipinski definition) is 6. The lowest BCUT2D eigenvalue weighted by atomic mass is 10.0. The molecule has 2 aromatic carbocycles. The number of fused-ring (bicyclic) bond motifs is 1. The molecule has 0 aliphatic carbocycles. The Morgan fingerprint density at radius 1 is 1.00 bits per heavy atom. The minimum absolute atomic E-state index is 0.174. The molecule has 0 spiro atoms. The molecule has 0 saturated carbocycles. The molecule has 4 aromatic rings. The van der Waals surface area contributed by atoms with Crippen LogP contribution in [0.3, 0.4) is 0 Å². The maximum absolute atomic E-state index is 13.6. The Balaban J connectivity index is 1.47. The van der Waals surface area contributed by atoms with Crippen LogP contribution in [0.15, 0.2) is 67.0 Å². The SMILES string of the molecule is Cc1cncc(-c2cc(C(=O)N[C@H](C)c3ccc4ccccc4c3)c(N3CCOCC3)nn2)c1. The van der Waals surface area contributed by atoms with Crippen molar-refractivity contribution in [1.82, 2.24) is 20.5 Å². The Kier molecular flexibility index (Phi) is 6.18. The molecule has 0 bridgehead atoms. The third-order valence-corrected chi connectivity index (χ3v) is 6.12. The van der Waals surface area contributed by atoms with E-state index in [0.29, 0.717) is 43.4 Å². The number of nitrogens with one attached hydrogen (secondary N) is 1. The van der Waals surface area contributed by atoms with E-state index in [2.05, 4.69) is 55.7 Å². The first-order chi connectivity index (χ1) is 16.6. The van der Waals surface area contributed by atoms with Gasteiger partial charge in [-0.1, -0.05) is 36.4 Å². The number of ether oxygens (including phenoxy) is 1. The van der Waals surface area contributed by atoms with Crippen molar-refractivity contribution < 1.29 is 9.53 Å². The van der Waals surface area contributed by atoms with E-state index in [1.807, 2.05) is 38.1 Å². The van der Waals surface area contributed by atoms with Crippen molar-refractivity contribution in [2.45, 2.75) is 19.9 Å². The van der Waals surface area contributed by atoms with Gasteiger partial charge in [-0.05, 0) is 53.9 Å². The van der Waals surface area contributed by atoms with Gasteiger partial charge in [0, 0.05) is 31.0 Å². The van der Waals surface area contributed by atoms with Crippen molar-refractivity contribution in [1.29, 1.82) is 0 Å². The summed E-state index contributed by atoms with van der Waals surface area (Å²) in [5, 5.41) is 14.4. The summed E-state index contributed by atoms with van der Waals surface area (Å²) in [6.07, 6.45) is 3.53. The van der Waals surface area contributed by atoms with Gasteiger partial charge in [-0.3, -0.25) is 9.78 Å². The topological polar surface area (TPSA) is 80.2 Å². The molecule has 1 fully saturated rings. The van der Waals surface area contributed by atoms with Gasteiger partial charge in [0.1, 0.15) is 0 Å². The van der Waals surface area contributed by atoms with Gasteiger partial charge >= 0.3 is 0 Å². The molecule has 1 aliphatic rings. The molecule has 34 heavy (non-hydrogen) atoms. The van der Waals surface area contributed by atoms with Crippen LogP contribution < -0.4 is 10.2 Å². The zero-order chi connectivity index (χ0) is 23.5. The number of pyridine rings is 1. The average Bonchev–Trinajstić information content (AvgIpc) is 2.88. The summed E-state index contributed by atoms with van der Waals surface area (Å²) in [7, 11) is 0. The molecule has 1 saturated heterocycles. The van der Waals surface area contributed by atoms with Gasteiger partial charge in [-0.25, -0.2) is 0 Å². The van der Waals surface area contributed by atoms with Gasteiger partial charge < -0.3 is 15.0 Å². The highest BCUT2D eigenvalue weighted by Crippen LogP contribution is 2.26. The number of morpholine rings is 1. The summed E-state index contributed by atoms with van der Waals surface area (Å²) >= 11 is 0. The maximum Gasteiger partial charge on any atom is 0.255 e. The minimum Gasteiger partial charge on any atom is -0.378 e. The van der Waals surface area contributed by atoms with E-state index in [0.717, 1.165) is 22.1 Å². The Morgan fingerprint density at radius 2 is 1.79 bits per heavy atom. The summed E-state index contributed by atoms with van der Waals surface area (Å²) in [5.41, 5.74) is 4.02. The summed E-state index contributed by atoms with van der Waals surface area (Å²) in [4.78, 5) is 19.9. The second-order valence-corrected chi connectivity index (χ2v) is 8.62. The normalized spacial score (nSPS) is 14.7. The van der Waals surface area contributed by atoms with Crippen LogP contribution in [0, 0.1) is 6.92 Å². The number of anilines is 1. The van der Waals surface area contributed by atoms with E-state index in [-0.39, 0.29) is 11.9 Å². The van der Waals surface area contributed by atoms with E-state index in [4.69, 9.17) is 4.74 Å². The highest BCUT2D eigenvalue weighted by atomic mass is 16.5. The number of carbonyl (C=O) groups is 1. The first-order valence-electron chi connectivity index (χ1n) is 11.5. The molecule has 2 aromatic heterocycles. The molecule has 0 radical (unpaired) electrons. The Hall–Kier alpha value is -3.84. The van der Waals surface area contributed by atoms with E-state index in [9.17, 15) is 4.79 Å². The molecule has 7 heteroatoms. The number of hydrogen-bond donors (Lipinski definition) is 1. The third-order valence-electron chi connectivity index (χ3n) is 6.12. The molecular weight excluding hydrogens is 426 g/mol. The van der Waals surface area contributed by atoms with Crippen LogP contribution in [0.2, 0.25) is 0 Å². The Morgan fingerprint density at radius 3 is 2.59 bits per heavy atom. The molecular formula is C27H27N5O2. The predicted molar refractivity (Wildman–Crippen MR) is 133 cm³/mol. The quantitative estimate of drug-likeness (QED) is 0.485. The molecule has 1 atom stereocenters. The largest absolute Gasteiger partial charge is 0.378 e. The van der Waals surface area contributed by atoms with Gasteiger partial charge in [0.05, 0.1) is 30.5 Å². The monoisotopic (exact) mass is 453 g/mol. The molecule has 1 aliphatic heterocycles. The molecule has 172 valence electrons. The standard InChI is InChI=1S/C27H27N5O2/c1-18-13-23(17-28-16-18)25-15-24(26(31-30-25)32-9-11-34-12-10-32)27(33)29-19(2)21-8-7-20-5-3-4-6-22(20)14-21/h3-8,13-17,19H,9-12H2,1-2H3,(H,29,33)/t19-/m1/s1. The van der Waals surface area contributed by atoms with E-state index in [1.54, 1.807) is 12.4 Å². The van der Waals surface area contributed by atoms with Gasteiger partial charge in [0.25, 0.3) is 5.91 Å². The summed E-state index contributed by atoms with van der Waals surface area (Å²) in [6, 6.07) is 18.1. The number of nitrogens with zero attached hydrogens (tertiary/aromatic N) is 4. The summed E-state index contributed by atoms with van der Waals surface area (Å²) < 4.78 is 5.49. The van der Waals surface area contributed by atoms with Crippen LogP contribution in [0.4, 0.5) is 5.82 Å². The lowest BCUT2D eigenvalue weighted by molar-refractivity contribution is 0.0937. The van der Waals surface area contributed by atoms with Crippen molar-refractivity contribution in [3.05, 3.63) is 83.7 Å². The van der Waals surface area contributed by atoms with Crippen LogP contribution in [-0.4, -0.2) is 47.4 Å². The van der Waals surface area contributed by atoms with Crippen LogP contribution in [0.25, 0.3) is 22.0 Å². The maximum atomic E-state index is 13.6. The van der Waals surface area contributed by atoms with Crippen LogP contribution in [0.5, 0.6) is 0 Å². The molecule has 3 heterocycles. The number of aryl methyl sites for hydroxylation is 1. The summed E-state index contributed by atoms with van der Waals surface area (Å²) in [6.45, 7) is 6.50. The number of benzene rings is 2. The van der Waals surface area contributed by atoms with Gasteiger partial charge in [-0.2, -0.15) is 0 Å². The third kappa shape index (κ3) is 4.61. The van der Waals surface area contributed by atoms with Crippen LogP contribution in [0.1, 0.15) is 34.5 Å². The van der Waals surface area contributed by atoms with Crippen molar-refractivity contribution in [3.8, 4) is 11.3 Å². The Labute approximate surface area is 198 Å². The number of aromatic nitrogens is 3. The number of rotatable bonds is 5. The smallest absolute Gasteiger partial charge is 0.255 e. The second-order valence-electron chi connectivity index (χ2n) is 8.62. The van der Waals surface area contributed by atoms with Crippen molar-refractivity contribution in [2.75, 3.05) is 31.2 Å². The highest BCUT2D eigenvalue weighted by Gasteiger charge is 2.23. The number of carbonyl (C=O) groups excluding carboxylic acids is 1. The molecule has 5 rings (SSSR count). The predicted octanol–water partition coefficient (Wildman–Crippen LogP) is 4.33. The van der Waals surface area contributed by atoms with Crippen molar-refractivity contribution in [2.24, 2.45) is 0 Å². The fraction of sp³-hybridized carbons (Fsp3) is 0.259. The first kappa shape index (κ1) is 22.0. The summed E-state index contributed by atoms with van der Waals surface area (Å²) in [5.74, 6) is 0.398. The van der Waals surface area contributed by atoms with E-state index in [1.165, 1.54) is 5.39 Å². The van der Waals surface area contributed by atoms with Gasteiger partial charge in [-0.15, -0.1) is 10.2 Å². The lowest BCUT2D eigenvalue weighted by Crippen LogP contribution is -2.39. The van der Waals surface area contributed by atoms with Crippen molar-refractivity contribution in [3.63, 3.8) is 0 Å². The van der Waals surface area contributed by atoms with Gasteiger partial charge in [0.15, 0.2) is 5.82 Å². The lowest BCUT2D eigenvalue weighted by Gasteiger charge is -2.29. The van der Waals surface area contributed by atoms with Crippen molar-refractivity contribution >= 4 is 22.5 Å². The average molecular weight is 454 g/mol. The molecule has 0 unspecified atom stereocenters. The Bertz CT molecular complexity index is 1330. The molecule has 7 nitrogen and oxygen atoms in total. The molecule has 1 amide bonds.